The van der Waals surface area contributed by atoms with Gasteiger partial charge in [-0.25, -0.2) is 0 Å². The van der Waals surface area contributed by atoms with Crippen LogP contribution in [0.3, 0.4) is 0 Å². The Labute approximate surface area is 287 Å². The van der Waals surface area contributed by atoms with Crippen LogP contribution in [0.1, 0.15) is 42.9 Å². The summed E-state index contributed by atoms with van der Waals surface area (Å²) in [5.41, 5.74) is 14.0. The molecule has 1 saturated heterocycles. The van der Waals surface area contributed by atoms with Gasteiger partial charge in [-0.3, -0.25) is 19.4 Å². The highest BCUT2D eigenvalue weighted by Gasteiger charge is 2.39. The molecular weight excluding hydrogens is 616 g/mol. The van der Waals surface area contributed by atoms with E-state index in [-0.39, 0.29) is 29.9 Å². The minimum Gasteiger partial charge on any atom is -0.372 e. The number of nitrogens with one attached hydrogen (secondary N) is 2. The van der Waals surface area contributed by atoms with Gasteiger partial charge in [0.15, 0.2) is 5.96 Å². The van der Waals surface area contributed by atoms with Crippen molar-refractivity contribution in [1.82, 2.24) is 15.5 Å². The minimum absolute atomic E-state index is 0.0332. The van der Waals surface area contributed by atoms with Crippen molar-refractivity contribution in [3.63, 3.8) is 0 Å². The molecule has 0 radical (unpaired) electrons. The van der Waals surface area contributed by atoms with Gasteiger partial charge in [-0.05, 0) is 52.8 Å². The molecule has 0 spiro atoms. The number of rotatable bonds is 15. The Morgan fingerprint density at radius 3 is 2.10 bits per heavy atom. The number of hydrogen-bond acceptors (Lipinski definition) is 5. The Morgan fingerprint density at radius 2 is 1.45 bits per heavy atom. The fraction of sp³-hybridized carbons (Fsp3) is 0.333. The van der Waals surface area contributed by atoms with Gasteiger partial charge in [0, 0.05) is 38.9 Å². The zero-order chi connectivity index (χ0) is 34.6. The molecule has 0 aromatic heterocycles. The number of hydrogen-bond donors (Lipinski definition) is 4. The zero-order valence-electron chi connectivity index (χ0n) is 28.0. The second-order valence-corrected chi connectivity index (χ2v) is 12.6. The van der Waals surface area contributed by atoms with Crippen molar-refractivity contribution in [2.45, 2.75) is 69.9 Å². The molecule has 0 unspecified atom stereocenters. The second-order valence-electron chi connectivity index (χ2n) is 12.6. The monoisotopic (exact) mass is 662 g/mol. The highest BCUT2D eigenvalue weighted by atomic mass is 16.5. The van der Waals surface area contributed by atoms with Crippen LogP contribution in [0.15, 0.2) is 108 Å². The number of nitrogens with two attached hydrogens (primary N) is 2. The molecule has 49 heavy (non-hydrogen) atoms. The first kappa shape index (κ1) is 35.1. The first-order valence-corrected chi connectivity index (χ1v) is 16.9. The molecule has 10 heteroatoms. The predicted octanol–water partition coefficient (Wildman–Crippen LogP) is 3.85. The summed E-state index contributed by atoms with van der Waals surface area (Å²) in [6, 6.07) is 31.8. The summed E-state index contributed by atoms with van der Waals surface area (Å²) in [5.74, 6) is -0.900. The van der Waals surface area contributed by atoms with E-state index in [2.05, 4.69) is 46.0 Å². The fourth-order valence-electron chi connectivity index (χ4n) is 6.44. The number of fused-ring (bicyclic) bond motifs is 1. The molecule has 1 heterocycles. The zero-order valence-corrected chi connectivity index (χ0v) is 28.0. The second kappa shape index (κ2) is 17.3. The van der Waals surface area contributed by atoms with Crippen LogP contribution in [-0.4, -0.2) is 65.9 Å². The van der Waals surface area contributed by atoms with E-state index in [1.807, 2.05) is 77.7 Å². The van der Waals surface area contributed by atoms with E-state index in [9.17, 15) is 14.4 Å². The van der Waals surface area contributed by atoms with Crippen LogP contribution in [0.5, 0.6) is 0 Å². The van der Waals surface area contributed by atoms with Gasteiger partial charge in [0.1, 0.15) is 12.1 Å². The Balaban J connectivity index is 1.34. The van der Waals surface area contributed by atoms with Crippen LogP contribution in [-0.2, 0) is 38.6 Å². The number of ether oxygens (including phenoxy) is 1. The lowest BCUT2D eigenvalue weighted by atomic mass is 10.0. The molecule has 1 fully saturated rings. The average Bonchev–Trinajstić information content (AvgIpc) is 3.51. The maximum absolute atomic E-state index is 14.5. The van der Waals surface area contributed by atoms with Crippen molar-refractivity contribution < 1.29 is 19.1 Å². The van der Waals surface area contributed by atoms with Gasteiger partial charge in [-0.1, -0.05) is 97.1 Å². The number of likely N-dealkylation sites (tertiary alicyclic amines) is 1. The van der Waals surface area contributed by atoms with E-state index in [0.717, 1.165) is 22.1 Å². The fourth-order valence-corrected chi connectivity index (χ4v) is 6.44. The van der Waals surface area contributed by atoms with Crippen molar-refractivity contribution in [2.75, 3.05) is 13.1 Å². The van der Waals surface area contributed by atoms with Gasteiger partial charge in [-0.15, -0.1) is 0 Å². The average molecular weight is 663 g/mol. The van der Waals surface area contributed by atoms with Crippen LogP contribution < -0.4 is 22.1 Å². The first-order chi connectivity index (χ1) is 23.7. The third-order valence-corrected chi connectivity index (χ3v) is 8.82. The standard InChI is InChI=1S/C39H46N6O4/c1-27(46)43-35(22-28-11-4-2-5-12-28)37(47)44-36(23-29-13-6-3-7-14-29)38(48)45-25-34(24-33(45)17-10-20-42-39(40)41)49-26-30-18-19-31-15-8-9-16-32(31)21-30/h2-9,11-16,18-19,21,33-36H,10,17,20,22-26H2,1H3,(H,43,46)(H,44,47)(H4,40,41,42)/t33-,34+,35+,36+/m0/s1. The topological polar surface area (TPSA) is 152 Å². The van der Waals surface area contributed by atoms with Crippen LogP contribution in [0.25, 0.3) is 10.8 Å². The molecule has 6 N–H and O–H groups in total. The molecule has 4 atom stereocenters. The number of amides is 3. The maximum Gasteiger partial charge on any atom is 0.245 e. The van der Waals surface area contributed by atoms with E-state index in [0.29, 0.717) is 51.8 Å². The van der Waals surface area contributed by atoms with Crippen LogP contribution >= 0.6 is 0 Å². The molecule has 3 amide bonds. The normalized spacial score (nSPS) is 16.9. The molecule has 10 nitrogen and oxygen atoms in total. The van der Waals surface area contributed by atoms with Crippen molar-refractivity contribution in [2.24, 2.45) is 16.5 Å². The van der Waals surface area contributed by atoms with Gasteiger partial charge in [0.25, 0.3) is 0 Å². The summed E-state index contributed by atoms with van der Waals surface area (Å²) in [5, 5.41) is 8.11. The Morgan fingerprint density at radius 1 is 0.816 bits per heavy atom. The molecule has 1 aliphatic rings. The molecule has 4 aromatic carbocycles. The Kier molecular flexibility index (Phi) is 12.4. The molecule has 0 saturated carbocycles. The Bertz CT molecular complexity index is 1730. The quantitative estimate of drug-likeness (QED) is 0.0863. The summed E-state index contributed by atoms with van der Waals surface area (Å²) in [6.07, 6.45) is 2.40. The van der Waals surface area contributed by atoms with Crippen molar-refractivity contribution in [1.29, 1.82) is 0 Å². The number of benzene rings is 4. The number of carbonyl (C=O) groups is 3. The highest BCUT2D eigenvalue weighted by molar-refractivity contribution is 5.92. The summed E-state index contributed by atoms with van der Waals surface area (Å²) in [4.78, 5) is 46.4. The first-order valence-electron chi connectivity index (χ1n) is 16.9. The summed E-state index contributed by atoms with van der Waals surface area (Å²) in [7, 11) is 0. The molecule has 256 valence electrons. The molecular formula is C39H46N6O4. The van der Waals surface area contributed by atoms with Crippen LogP contribution in [0.2, 0.25) is 0 Å². The Hall–Kier alpha value is -5.22. The number of guanidine groups is 1. The summed E-state index contributed by atoms with van der Waals surface area (Å²) in [6.45, 7) is 2.64. The lowest BCUT2D eigenvalue weighted by Crippen LogP contribution is -2.56. The third-order valence-electron chi connectivity index (χ3n) is 8.82. The van der Waals surface area contributed by atoms with Gasteiger partial charge in [0.05, 0.1) is 12.7 Å². The number of nitrogens with zero attached hydrogens (tertiary/aromatic N) is 2. The lowest BCUT2D eigenvalue weighted by molar-refractivity contribution is -0.138. The highest BCUT2D eigenvalue weighted by Crippen LogP contribution is 2.27. The van der Waals surface area contributed by atoms with Gasteiger partial charge >= 0.3 is 0 Å². The van der Waals surface area contributed by atoms with Crippen LogP contribution in [0.4, 0.5) is 0 Å². The smallest absolute Gasteiger partial charge is 0.245 e. The van der Waals surface area contributed by atoms with Crippen molar-refractivity contribution in [3.8, 4) is 0 Å². The molecule has 0 aliphatic carbocycles. The molecule has 1 aliphatic heterocycles. The SMILES string of the molecule is CC(=O)N[C@H](Cc1ccccc1)C(=O)N[C@H](Cc1ccccc1)C(=O)N1C[C@H](OCc2ccc3ccccc3c2)C[C@@H]1CCCN=C(N)N. The number of aliphatic imine (C=N–C) groups is 1. The van der Waals surface area contributed by atoms with Crippen molar-refractivity contribution >= 4 is 34.5 Å². The van der Waals surface area contributed by atoms with E-state index < -0.39 is 18.0 Å². The maximum atomic E-state index is 14.5. The van der Waals surface area contributed by atoms with Gasteiger partial charge in [-0.2, -0.15) is 0 Å². The minimum atomic E-state index is -0.860. The molecule has 0 bridgehead atoms. The van der Waals surface area contributed by atoms with E-state index in [1.165, 1.54) is 12.3 Å². The third kappa shape index (κ3) is 10.4. The van der Waals surface area contributed by atoms with E-state index in [1.54, 1.807) is 0 Å². The van der Waals surface area contributed by atoms with E-state index in [4.69, 9.17) is 16.2 Å². The van der Waals surface area contributed by atoms with Crippen molar-refractivity contribution in [3.05, 3.63) is 120 Å². The summed E-state index contributed by atoms with van der Waals surface area (Å²) < 4.78 is 6.42. The summed E-state index contributed by atoms with van der Waals surface area (Å²) >= 11 is 0. The van der Waals surface area contributed by atoms with Gasteiger partial charge in [0.2, 0.25) is 17.7 Å². The number of carbonyl (C=O) groups excluding carboxylic acids is 3. The van der Waals surface area contributed by atoms with Crippen LogP contribution in [0, 0.1) is 0 Å². The van der Waals surface area contributed by atoms with E-state index >= 15 is 0 Å². The molecule has 4 aromatic rings. The van der Waals surface area contributed by atoms with Gasteiger partial charge < -0.3 is 31.7 Å². The largest absolute Gasteiger partial charge is 0.372 e. The lowest BCUT2D eigenvalue weighted by Gasteiger charge is -2.30. The molecule has 5 rings (SSSR count). The predicted molar refractivity (Wildman–Crippen MR) is 192 cm³/mol.